The summed E-state index contributed by atoms with van der Waals surface area (Å²) in [7, 11) is 0. The molecule has 0 unspecified atom stereocenters. The van der Waals surface area contributed by atoms with Crippen LogP contribution in [0.1, 0.15) is 30.5 Å². The molecule has 5 heteroatoms. The maximum Gasteiger partial charge on any atom is 0.317 e. The first-order valence-corrected chi connectivity index (χ1v) is 8.07. The van der Waals surface area contributed by atoms with E-state index in [0.29, 0.717) is 6.54 Å². The van der Waals surface area contributed by atoms with Gasteiger partial charge in [0.25, 0.3) is 5.56 Å². The fourth-order valence-electron chi connectivity index (χ4n) is 3.46. The number of hydrogen-bond acceptors (Lipinski definition) is 2. The average Bonchev–Trinajstić information content (AvgIpc) is 3.05. The van der Waals surface area contributed by atoms with E-state index in [1.165, 1.54) is 5.56 Å². The monoisotopic (exact) mass is 301 g/mol. The molecule has 2 amide bonds. The van der Waals surface area contributed by atoms with E-state index < -0.39 is 0 Å². The van der Waals surface area contributed by atoms with Crippen molar-refractivity contribution in [1.82, 2.24) is 14.8 Å². The van der Waals surface area contributed by atoms with Crippen LogP contribution in [0.3, 0.4) is 0 Å². The van der Waals surface area contributed by atoms with Crippen molar-refractivity contribution in [1.29, 1.82) is 0 Å². The van der Waals surface area contributed by atoms with Crippen LogP contribution in [-0.2, 0) is 19.4 Å². The van der Waals surface area contributed by atoms with Crippen LogP contribution in [0.4, 0.5) is 4.79 Å². The van der Waals surface area contributed by atoms with Gasteiger partial charge in [-0.1, -0.05) is 12.1 Å². The van der Waals surface area contributed by atoms with Gasteiger partial charge < -0.3 is 14.8 Å². The highest BCUT2D eigenvalue weighted by Gasteiger charge is 2.25. The highest BCUT2D eigenvalue weighted by atomic mass is 16.2. The topological polar surface area (TPSA) is 54.3 Å². The molecule has 0 saturated carbocycles. The van der Waals surface area contributed by atoms with Crippen molar-refractivity contribution in [2.45, 2.75) is 44.7 Å². The Kier molecular flexibility index (Phi) is 4.32. The Hall–Kier alpha value is -2.04. The molecule has 2 aliphatic rings. The van der Waals surface area contributed by atoms with Crippen LogP contribution in [0.15, 0.2) is 29.6 Å². The van der Waals surface area contributed by atoms with E-state index in [-0.39, 0.29) is 17.6 Å². The van der Waals surface area contributed by atoms with E-state index >= 15 is 0 Å². The third kappa shape index (κ3) is 2.93. The van der Waals surface area contributed by atoms with Crippen molar-refractivity contribution in [2.75, 3.05) is 13.1 Å². The number of amides is 2. The Morgan fingerprint density at radius 2 is 2.14 bits per heavy atom. The first kappa shape index (κ1) is 14.9. The number of likely N-dealkylation sites (tertiary alicyclic amines) is 1. The lowest BCUT2D eigenvalue weighted by molar-refractivity contribution is 0.203. The lowest BCUT2D eigenvalue weighted by Crippen LogP contribution is -2.46. The first-order valence-electron chi connectivity index (χ1n) is 8.07. The number of allylic oxidation sites excluding steroid dienone is 1. The standard InChI is InChI=1S/C17H23N3O2/c1-2-9-20-15-7-6-14(12-13(15)5-8-16(20)21)18-17(22)19-10-3-4-11-19/h2,5,8,14H,1,3-4,6-7,9-12H2,(H,18,22)/t14-/m1/s1. The zero-order valence-electron chi connectivity index (χ0n) is 12.9. The van der Waals surface area contributed by atoms with Gasteiger partial charge in [-0.05, 0) is 37.7 Å². The molecule has 22 heavy (non-hydrogen) atoms. The molecule has 1 aromatic heterocycles. The van der Waals surface area contributed by atoms with Gasteiger partial charge in [0.1, 0.15) is 0 Å². The van der Waals surface area contributed by atoms with Gasteiger partial charge in [-0.3, -0.25) is 4.79 Å². The Balaban J connectivity index is 1.71. The first-order chi connectivity index (χ1) is 10.7. The second-order valence-electron chi connectivity index (χ2n) is 6.13. The molecule has 0 spiro atoms. The smallest absolute Gasteiger partial charge is 0.317 e. The summed E-state index contributed by atoms with van der Waals surface area (Å²) in [5, 5.41) is 3.15. The lowest BCUT2D eigenvalue weighted by atomic mass is 9.91. The van der Waals surface area contributed by atoms with Gasteiger partial charge in [0.2, 0.25) is 0 Å². The van der Waals surface area contributed by atoms with E-state index in [2.05, 4.69) is 11.9 Å². The van der Waals surface area contributed by atoms with Crippen LogP contribution < -0.4 is 10.9 Å². The van der Waals surface area contributed by atoms with Crippen LogP contribution in [-0.4, -0.2) is 34.6 Å². The number of nitrogens with one attached hydrogen (secondary N) is 1. The summed E-state index contributed by atoms with van der Waals surface area (Å²) in [6.07, 6.45) is 6.47. The van der Waals surface area contributed by atoms with Crippen molar-refractivity contribution in [2.24, 2.45) is 0 Å². The van der Waals surface area contributed by atoms with Crippen molar-refractivity contribution in [3.63, 3.8) is 0 Å². The summed E-state index contributed by atoms with van der Waals surface area (Å²) in [6, 6.07) is 3.75. The average molecular weight is 301 g/mol. The van der Waals surface area contributed by atoms with Crippen molar-refractivity contribution in [3.8, 4) is 0 Å². The zero-order chi connectivity index (χ0) is 15.5. The molecule has 1 aliphatic carbocycles. The summed E-state index contributed by atoms with van der Waals surface area (Å²) in [5.74, 6) is 0. The summed E-state index contributed by atoms with van der Waals surface area (Å²) < 4.78 is 1.79. The lowest BCUT2D eigenvalue weighted by Gasteiger charge is -2.29. The molecule has 3 rings (SSSR count). The molecule has 2 heterocycles. The van der Waals surface area contributed by atoms with Crippen LogP contribution in [0, 0.1) is 0 Å². The number of fused-ring (bicyclic) bond motifs is 1. The molecule has 1 aliphatic heterocycles. The molecule has 1 saturated heterocycles. The Labute approximate surface area is 130 Å². The maximum absolute atomic E-state index is 12.2. The largest absolute Gasteiger partial charge is 0.335 e. The van der Waals surface area contributed by atoms with E-state index in [1.54, 1.807) is 16.7 Å². The maximum atomic E-state index is 12.2. The summed E-state index contributed by atoms with van der Waals surface area (Å²) >= 11 is 0. The molecule has 5 nitrogen and oxygen atoms in total. The Morgan fingerprint density at radius 1 is 1.36 bits per heavy atom. The molecule has 0 bridgehead atoms. The van der Waals surface area contributed by atoms with Gasteiger partial charge in [0.15, 0.2) is 0 Å². The van der Waals surface area contributed by atoms with Crippen molar-refractivity contribution >= 4 is 6.03 Å². The van der Waals surface area contributed by atoms with Gasteiger partial charge in [-0.15, -0.1) is 6.58 Å². The van der Waals surface area contributed by atoms with Crippen LogP contribution in [0.5, 0.6) is 0 Å². The van der Waals surface area contributed by atoms with E-state index in [9.17, 15) is 9.59 Å². The Bertz CT molecular complexity index is 629. The molecule has 1 fully saturated rings. The number of nitrogens with zero attached hydrogens (tertiary/aromatic N) is 2. The van der Waals surface area contributed by atoms with Crippen molar-refractivity contribution in [3.05, 3.63) is 46.4 Å². The number of aromatic nitrogens is 1. The summed E-state index contributed by atoms with van der Waals surface area (Å²) in [4.78, 5) is 26.0. The minimum atomic E-state index is 0.0261. The number of carbonyl (C=O) groups excluding carboxylic acids is 1. The zero-order valence-corrected chi connectivity index (χ0v) is 12.9. The predicted molar refractivity (Wildman–Crippen MR) is 86.1 cm³/mol. The number of urea groups is 1. The number of rotatable bonds is 3. The van der Waals surface area contributed by atoms with Gasteiger partial charge in [0, 0.05) is 37.4 Å². The van der Waals surface area contributed by atoms with E-state index in [0.717, 1.165) is 50.9 Å². The second-order valence-corrected chi connectivity index (χ2v) is 6.13. The van der Waals surface area contributed by atoms with Gasteiger partial charge >= 0.3 is 6.03 Å². The van der Waals surface area contributed by atoms with Crippen LogP contribution in [0.25, 0.3) is 0 Å². The number of hydrogen-bond donors (Lipinski definition) is 1. The Morgan fingerprint density at radius 3 is 2.86 bits per heavy atom. The quantitative estimate of drug-likeness (QED) is 0.864. The summed E-state index contributed by atoms with van der Waals surface area (Å²) in [6.45, 7) is 6.01. The third-order valence-electron chi connectivity index (χ3n) is 4.62. The van der Waals surface area contributed by atoms with Gasteiger partial charge in [-0.25, -0.2) is 4.79 Å². The molecular formula is C17H23N3O2. The highest BCUT2D eigenvalue weighted by Crippen LogP contribution is 2.21. The van der Waals surface area contributed by atoms with E-state index in [4.69, 9.17) is 0 Å². The molecule has 1 N–H and O–H groups in total. The third-order valence-corrected chi connectivity index (χ3v) is 4.62. The number of pyridine rings is 1. The summed E-state index contributed by atoms with van der Waals surface area (Å²) in [5.41, 5.74) is 2.29. The van der Waals surface area contributed by atoms with E-state index in [1.807, 2.05) is 11.0 Å². The highest BCUT2D eigenvalue weighted by molar-refractivity contribution is 5.74. The predicted octanol–water partition coefficient (Wildman–Crippen LogP) is 1.70. The minimum absolute atomic E-state index is 0.0261. The fraction of sp³-hybridized carbons (Fsp3) is 0.529. The van der Waals surface area contributed by atoms with Crippen LogP contribution >= 0.6 is 0 Å². The molecule has 1 atom stereocenters. The van der Waals surface area contributed by atoms with Gasteiger partial charge in [0.05, 0.1) is 0 Å². The van der Waals surface area contributed by atoms with Crippen LogP contribution in [0.2, 0.25) is 0 Å². The number of carbonyl (C=O) groups is 1. The SMILES string of the molecule is C=CCn1c2c(ccc1=O)C[C@H](NC(=O)N1CCCC1)CC2. The van der Waals surface area contributed by atoms with Gasteiger partial charge in [-0.2, -0.15) is 0 Å². The normalized spacial score (nSPS) is 20.5. The molecule has 118 valence electrons. The minimum Gasteiger partial charge on any atom is -0.335 e. The molecule has 0 aromatic carbocycles. The second kappa shape index (κ2) is 6.38. The molecule has 1 aromatic rings. The molecule has 0 radical (unpaired) electrons. The fourth-order valence-corrected chi connectivity index (χ4v) is 3.46. The molecular weight excluding hydrogens is 278 g/mol. The van der Waals surface area contributed by atoms with Crippen molar-refractivity contribution < 1.29 is 4.79 Å².